The average Bonchev–Trinajstić information content (AvgIpc) is 3.53. The minimum atomic E-state index is -1.15. The van der Waals surface area contributed by atoms with E-state index in [1.807, 2.05) is 41.5 Å². The lowest BCUT2D eigenvalue weighted by atomic mass is 9.72. The van der Waals surface area contributed by atoms with Crippen molar-refractivity contribution in [2.75, 3.05) is 34.2 Å². The van der Waals surface area contributed by atoms with Crippen molar-refractivity contribution in [2.45, 2.75) is 205 Å². The molecule has 12 heteroatoms. The van der Waals surface area contributed by atoms with Gasteiger partial charge < -0.3 is 53.6 Å². The van der Waals surface area contributed by atoms with Gasteiger partial charge in [0.15, 0.2) is 11.6 Å². The SMILES string of the molecule is CC[C@@H](C(=O)[C@@H](C)[C@@H](O)[C@H](C)[C@@H]1O[C@@H]([C@@H](CC)C(=O)[O-])CC[C@@H]1C)[C@H]1OC2(C=C[C@@H](NCCC[N+](C)(C)C)[C@]3(CC[C@@](C)([C@H]4CC[C@](O)(CC)[C@H](C)O4)O3)O2)[C@H](C)C[C@@H]1C. The van der Waals surface area contributed by atoms with E-state index in [-0.39, 0.29) is 47.9 Å². The van der Waals surface area contributed by atoms with E-state index in [1.54, 1.807) is 0 Å². The van der Waals surface area contributed by atoms with Gasteiger partial charge in [0.2, 0.25) is 0 Å². The van der Waals surface area contributed by atoms with Crippen LogP contribution in [0.3, 0.4) is 0 Å². The molecular weight excluding hydrogens is 765 g/mol. The van der Waals surface area contributed by atoms with Crippen molar-refractivity contribution in [3.63, 3.8) is 0 Å². The van der Waals surface area contributed by atoms with E-state index in [1.165, 1.54) is 0 Å². The molecule has 0 aromatic carbocycles. The van der Waals surface area contributed by atoms with Gasteiger partial charge in [-0.2, -0.15) is 0 Å². The molecule has 0 aromatic heterocycles. The number of carbonyl (C=O) groups excluding carboxylic acids is 2. The zero-order valence-corrected chi connectivity index (χ0v) is 39.5. The quantitative estimate of drug-likeness (QED) is 0.0960. The number of nitrogens with one attached hydrogen (secondary N) is 1. The maximum absolute atomic E-state index is 14.7. The van der Waals surface area contributed by atoms with Crippen molar-refractivity contribution in [3.05, 3.63) is 12.2 Å². The molecule has 0 aliphatic carbocycles. The number of hydrogen-bond donors (Lipinski definition) is 3. The summed E-state index contributed by atoms with van der Waals surface area (Å²) in [6.07, 6.45) is 8.76. The highest BCUT2D eigenvalue weighted by Gasteiger charge is 2.63. The molecule has 5 aliphatic rings. The van der Waals surface area contributed by atoms with Crippen molar-refractivity contribution in [1.29, 1.82) is 0 Å². The number of aliphatic hydroxyl groups excluding tert-OH is 1. The summed E-state index contributed by atoms with van der Waals surface area (Å²) in [7, 11) is 6.60. The van der Waals surface area contributed by atoms with Crippen LogP contribution < -0.4 is 10.4 Å². The molecule has 0 radical (unpaired) electrons. The van der Waals surface area contributed by atoms with Gasteiger partial charge in [-0.3, -0.25) is 4.79 Å². The molecule has 18 atom stereocenters. The molecule has 346 valence electrons. The first-order valence-corrected chi connectivity index (χ1v) is 23.8. The van der Waals surface area contributed by atoms with Crippen LogP contribution in [0.5, 0.6) is 0 Å². The lowest BCUT2D eigenvalue weighted by Crippen LogP contribution is -2.65. The van der Waals surface area contributed by atoms with Gasteiger partial charge in [0.05, 0.1) is 81.6 Å². The molecule has 4 saturated heterocycles. The van der Waals surface area contributed by atoms with Crippen LogP contribution in [0.2, 0.25) is 0 Å². The van der Waals surface area contributed by atoms with Crippen molar-refractivity contribution in [3.8, 4) is 0 Å². The van der Waals surface area contributed by atoms with Gasteiger partial charge in [0.1, 0.15) is 5.78 Å². The van der Waals surface area contributed by atoms with Gasteiger partial charge in [-0.15, -0.1) is 0 Å². The number of nitrogens with zero attached hydrogens (tertiary/aromatic N) is 1. The van der Waals surface area contributed by atoms with Gasteiger partial charge in [-0.25, -0.2) is 0 Å². The number of quaternary nitrogens is 1. The van der Waals surface area contributed by atoms with Crippen LogP contribution in [0, 0.1) is 41.4 Å². The van der Waals surface area contributed by atoms with Gasteiger partial charge in [-0.1, -0.05) is 61.5 Å². The van der Waals surface area contributed by atoms with E-state index in [0.717, 1.165) is 36.8 Å². The van der Waals surface area contributed by atoms with E-state index in [4.69, 9.17) is 23.7 Å². The second-order valence-electron chi connectivity index (χ2n) is 21.3. The minimum Gasteiger partial charge on any atom is -0.550 e. The molecule has 5 aliphatic heterocycles. The van der Waals surface area contributed by atoms with Crippen molar-refractivity contribution >= 4 is 11.8 Å². The molecule has 0 aromatic rings. The van der Waals surface area contributed by atoms with Crippen LogP contribution in [0.15, 0.2) is 12.2 Å². The predicted octanol–water partition coefficient (Wildman–Crippen LogP) is 5.55. The van der Waals surface area contributed by atoms with Crippen molar-refractivity contribution in [2.24, 2.45) is 41.4 Å². The molecule has 0 amide bonds. The summed E-state index contributed by atoms with van der Waals surface area (Å²) in [6, 6.07) is -0.247. The van der Waals surface area contributed by atoms with Gasteiger partial charge in [0.25, 0.3) is 0 Å². The zero-order chi connectivity index (χ0) is 44.6. The number of aliphatic carboxylic acids is 1. The Morgan fingerprint density at radius 1 is 0.917 bits per heavy atom. The number of carboxylic acid groups (broad SMARTS) is 1. The normalized spacial score (nSPS) is 42.5. The monoisotopic (exact) mass is 849 g/mol. The summed E-state index contributed by atoms with van der Waals surface area (Å²) in [4.78, 5) is 26.6. The number of rotatable bonds is 17. The molecule has 3 N–H and O–H groups in total. The van der Waals surface area contributed by atoms with E-state index < -0.39 is 70.7 Å². The molecule has 5 rings (SSSR count). The first-order chi connectivity index (χ1) is 28.0. The van der Waals surface area contributed by atoms with E-state index in [9.17, 15) is 24.9 Å². The Morgan fingerprint density at radius 3 is 2.20 bits per heavy atom. The summed E-state index contributed by atoms with van der Waals surface area (Å²) < 4.78 is 35.8. The Kier molecular flexibility index (Phi) is 16.0. The largest absolute Gasteiger partial charge is 0.550 e. The highest BCUT2D eigenvalue weighted by molar-refractivity contribution is 5.84. The Bertz CT molecular complexity index is 1490. The number of ether oxygens (including phenoxy) is 5. The highest BCUT2D eigenvalue weighted by Crippen LogP contribution is 2.54. The minimum absolute atomic E-state index is 0.0431. The molecule has 1 unspecified atom stereocenters. The van der Waals surface area contributed by atoms with Crippen molar-refractivity contribution < 1.29 is 53.1 Å². The third-order valence-corrected chi connectivity index (χ3v) is 15.8. The van der Waals surface area contributed by atoms with Gasteiger partial charge in [-0.05, 0) is 89.5 Å². The first-order valence-electron chi connectivity index (χ1n) is 23.8. The lowest BCUT2D eigenvalue weighted by Gasteiger charge is -2.55. The Balaban J connectivity index is 1.37. The number of aliphatic hydroxyl groups is 2. The predicted molar refractivity (Wildman–Crippen MR) is 229 cm³/mol. The van der Waals surface area contributed by atoms with Crippen LogP contribution in [0.25, 0.3) is 0 Å². The molecule has 5 heterocycles. The molecule has 2 spiro atoms. The number of hydrogen-bond acceptors (Lipinski definition) is 11. The summed E-state index contributed by atoms with van der Waals surface area (Å²) in [6.45, 7) is 21.8. The lowest BCUT2D eigenvalue weighted by molar-refractivity contribution is -0.870. The van der Waals surface area contributed by atoms with E-state index in [2.05, 4.69) is 66.3 Å². The number of carboxylic acids is 1. The third-order valence-electron chi connectivity index (χ3n) is 15.8. The molecule has 0 bridgehead atoms. The number of carbonyl (C=O) groups is 2. The summed E-state index contributed by atoms with van der Waals surface area (Å²) in [5.74, 6) is -5.57. The molecule has 60 heavy (non-hydrogen) atoms. The van der Waals surface area contributed by atoms with Crippen LogP contribution in [-0.4, -0.2) is 126 Å². The molecule has 0 saturated carbocycles. The molecule has 12 nitrogen and oxygen atoms in total. The zero-order valence-electron chi connectivity index (χ0n) is 39.5. The Morgan fingerprint density at radius 2 is 1.60 bits per heavy atom. The van der Waals surface area contributed by atoms with Crippen LogP contribution in [0.4, 0.5) is 0 Å². The van der Waals surface area contributed by atoms with Gasteiger partial charge >= 0.3 is 0 Å². The second kappa shape index (κ2) is 19.3. The number of Topliss-reactive ketones (excluding diaryl/α,β-unsaturated/α-hetero) is 1. The summed E-state index contributed by atoms with van der Waals surface area (Å²) in [5.41, 5.74) is -1.51. The van der Waals surface area contributed by atoms with E-state index >= 15 is 0 Å². The maximum Gasteiger partial charge on any atom is 0.194 e. The third kappa shape index (κ3) is 10.2. The number of ketones is 1. The fraction of sp³-hybridized carbons (Fsp3) is 0.917. The maximum atomic E-state index is 14.7. The second-order valence-corrected chi connectivity index (χ2v) is 21.3. The fourth-order valence-corrected chi connectivity index (χ4v) is 11.5. The topological polar surface area (TPSA) is 156 Å². The molecular formula is C48H84N2O10. The highest BCUT2D eigenvalue weighted by atomic mass is 16.8. The first kappa shape index (κ1) is 49.5. The molecule has 4 fully saturated rings. The Hall–Kier alpha value is -1.48. The van der Waals surface area contributed by atoms with Crippen LogP contribution >= 0.6 is 0 Å². The summed E-state index contributed by atoms with van der Waals surface area (Å²) >= 11 is 0. The smallest absolute Gasteiger partial charge is 0.194 e. The average molecular weight is 849 g/mol. The van der Waals surface area contributed by atoms with Crippen molar-refractivity contribution in [1.82, 2.24) is 5.32 Å². The Labute approximate surface area is 362 Å². The standard InChI is InChI=1S/C48H84N2O10/c1-14-35(44(53)54)37-19-18-29(4)42(57-37)33(8)40(51)32(7)41(52)36(15-2)43-30(5)28-31(6)47(58-43)23-20-38(49-26-17-27-50(11,12)13)48(60-47)25-24-45(10,59-48)39-21-22-46(55,16-3)34(9)56-39/h20,23,29-40,42-43,49,51,55H,14-19,21-22,24-28H2,1-13H3/t29-,30-,31+,32-,33-,34-,35+,36-,37+,38+,39+,40+,42+,43-,45-,46+,47?,48-/m0/s1. The summed E-state index contributed by atoms with van der Waals surface area (Å²) in [5, 5.41) is 38.8. The van der Waals surface area contributed by atoms with Gasteiger partial charge in [0, 0.05) is 54.9 Å². The van der Waals surface area contributed by atoms with Crippen LogP contribution in [0.1, 0.15) is 140 Å². The van der Waals surface area contributed by atoms with Crippen LogP contribution in [-0.2, 0) is 33.3 Å². The fourth-order valence-electron chi connectivity index (χ4n) is 11.5. The van der Waals surface area contributed by atoms with E-state index in [0.29, 0.717) is 51.4 Å².